The number of benzene rings is 2. The van der Waals surface area contributed by atoms with Crippen LogP contribution in [0.2, 0.25) is 5.02 Å². The maximum Gasteiger partial charge on any atom is 0.273 e. The van der Waals surface area contributed by atoms with E-state index in [0.717, 1.165) is 0 Å². The van der Waals surface area contributed by atoms with Crippen molar-refractivity contribution in [3.05, 3.63) is 86.1 Å². The van der Waals surface area contributed by atoms with Crippen molar-refractivity contribution in [2.24, 2.45) is 0 Å². The second-order valence-electron chi connectivity index (χ2n) is 6.50. The molecule has 0 atom stereocenters. The number of halogens is 1. The van der Waals surface area contributed by atoms with Gasteiger partial charge < -0.3 is 9.73 Å². The van der Waals surface area contributed by atoms with Crippen LogP contribution in [0.1, 0.15) is 16.9 Å². The van der Waals surface area contributed by atoms with Gasteiger partial charge in [0.25, 0.3) is 11.6 Å². The number of carbonyl (C=O) groups excluding carboxylic acids is 1. The Morgan fingerprint density at radius 2 is 2.00 bits per heavy atom. The molecule has 0 bridgehead atoms. The van der Waals surface area contributed by atoms with Gasteiger partial charge in [-0.15, -0.1) is 0 Å². The molecule has 0 aliphatic rings. The molecule has 1 heterocycles. The smallest absolute Gasteiger partial charge is 0.273 e. The topological polar surface area (TPSA) is 109 Å². The SMILES string of the molecule is Cc1ccc(-c2ccc(/C=C(/C#N)C(=O)Nc3cccc(Cl)c3C)o2)cc1[N+](=O)[O-]. The van der Waals surface area contributed by atoms with Crippen molar-refractivity contribution in [2.75, 3.05) is 5.32 Å². The van der Waals surface area contributed by atoms with Crippen molar-refractivity contribution in [1.29, 1.82) is 5.26 Å². The second kappa shape index (κ2) is 8.64. The van der Waals surface area contributed by atoms with Gasteiger partial charge in [-0.05, 0) is 43.7 Å². The third-order valence-corrected chi connectivity index (χ3v) is 4.89. The van der Waals surface area contributed by atoms with E-state index >= 15 is 0 Å². The molecule has 7 nitrogen and oxygen atoms in total. The fourth-order valence-electron chi connectivity index (χ4n) is 2.77. The monoisotopic (exact) mass is 421 g/mol. The lowest BCUT2D eigenvalue weighted by molar-refractivity contribution is -0.385. The number of aryl methyl sites for hydroxylation is 1. The Morgan fingerprint density at radius 1 is 1.23 bits per heavy atom. The summed E-state index contributed by atoms with van der Waals surface area (Å²) in [5, 5.41) is 23.7. The molecule has 1 aromatic heterocycles. The van der Waals surface area contributed by atoms with Gasteiger partial charge in [-0.3, -0.25) is 14.9 Å². The van der Waals surface area contributed by atoms with E-state index in [-0.39, 0.29) is 17.0 Å². The Bertz CT molecular complexity index is 1220. The van der Waals surface area contributed by atoms with E-state index in [1.807, 2.05) is 6.07 Å². The van der Waals surface area contributed by atoms with Crippen molar-refractivity contribution in [2.45, 2.75) is 13.8 Å². The highest BCUT2D eigenvalue weighted by molar-refractivity contribution is 6.31. The molecular formula is C22H16ClN3O4. The zero-order valence-electron chi connectivity index (χ0n) is 16.1. The summed E-state index contributed by atoms with van der Waals surface area (Å²) in [4.78, 5) is 23.2. The average molecular weight is 422 g/mol. The Hall–Kier alpha value is -3.89. The summed E-state index contributed by atoms with van der Waals surface area (Å²) in [6, 6.07) is 14.9. The number of nitro groups is 1. The second-order valence-corrected chi connectivity index (χ2v) is 6.90. The van der Waals surface area contributed by atoms with Crippen LogP contribution >= 0.6 is 11.6 Å². The zero-order valence-corrected chi connectivity index (χ0v) is 16.9. The largest absolute Gasteiger partial charge is 0.457 e. The normalized spacial score (nSPS) is 11.1. The van der Waals surface area contributed by atoms with Crippen LogP contribution < -0.4 is 5.32 Å². The molecule has 3 rings (SSSR count). The molecule has 0 fully saturated rings. The van der Waals surface area contributed by atoms with E-state index < -0.39 is 10.8 Å². The number of amides is 1. The lowest BCUT2D eigenvalue weighted by Gasteiger charge is -2.08. The maximum atomic E-state index is 12.5. The van der Waals surface area contributed by atoms with Crippen molar-refractivity contribution in [1.82, 2.24) is 0 Å². The average Bonchev–Trinajstić information content (AvgIpc) is 3.18. The van der Waals surface area contributed by atoms with Crippen LogP contribution in [-0.2, 0) is 4.79 Å². The number of hydrogen-bond acceptors (Lipinski definition) is 5. The van der Waals surface area contributed by atoms with Gasteiger partial charge in [0.15, 0.2) is 0 Å². The predicted molar refractivity (Wildman–Crippen MR) is 114 cm³/mol. The minimum absolute atomic E-state index is 0.0185. The molecule has 0 aliphatic heterocycles. The molecule has 3 aromatic rings. The van der Waals surface area contributed by atoms with E-state index in [9.17, 15) is 20.2 Å². The molecule has 30 heavy (non-hydrogen) atoms. The van der Waals surface area contributed by atoms with Gasteiger partial charge in [0.05, 0.1) is 4.92 Å². The van der Waals surface area contributed by atoms with Crippen LogP contribution in [0.5, 0.6) is 0 Å². The number of nitro benzene ring substituents is 1. The molecule has 0 unspecified atom stereocenters. The Morgan fingerprint density at radius 3 is 2.70 bits per heavy atom. The Labute approximate surface area is 177 Å². The van der Waals surface area contributed by atoms with Crippen molar-refractivity contribution in [3.63, 3.8) is 0 Å². The van der Waals surface area contributed by atoms with Crippen LogP contribution in [0.4, 0.5) is 11.4 Å². The van der Waals surface area contributed by atoms with E-state index in [1.54, 1.807) is 56.3 Å². The van der Waals surface area contributed by atoms with Crippen LogP contribution in [-0.4, -0.2) is 10.8 Å². The summed E-state index contributed by atoms with van der Waals surface area (Å²) in [7, 11) is 0. The first-order valence-corrected chi connectivity index (χ1v) is 9.21. The number of nitrogens with one attached hydrogen (secondary N) is 1. The summed E-state index contributed by atoms with van der Waals surface area (Å²) in [5.74, 6) is 0.0438. The number of nitrogens with zero attached hydrogens (tertiary/aromatic N) is 2. The first kappa shape index (κ1) is 20.8. The van der Waals surface area contributed by atoms with Crippen LogP contribution in [0, 0.1) is 35.3 Å². The van der Waals surface area contributed by atoms with Gasteiger partial charge in [0.1, 0.15) is 23.2 Å². The molecule has 150 valence electrons. The molecule has 8 heteroatoms. The van der Waals surface area contributed by atoms with E-state index in [0.29, 0.717) is 33.2 Å². The standard InChI is InChI=1S/C22H16ClN3O4/c1-13-6-7-15(11-20(13)26(28)29)21-9-8-17(30-21)10-16(12-24)22(27)25-19-5-3-4-18(23)14(19)2/h3-11H,1-2H3,(H,25,27)/b16-10-. The minimum atomic E-state index is -0.605. The lowest BCUT2D eigenvalue weighted by Crippen LogP contribution is -2.14. The molecule has 0 radical (unpaired) electrons. The predicted octanol–water partition coefficient (Wildman–Crippen LogP) is 5.67. The minimum Gasteiger partial charge on any atom is -0.457 e. The number of anilines is 1. The van der Waals surface area contributed by atoms with Crippen LogP contribution in [0.3, 0.4) is 0 Å². The molecular weight excluding hydrogens is 406 g/mol. The van der Waals surface area contributed by atoms with Crippen molar-refractivity contribution < 1.29 is 14.1 Å². The highest BCUT2D eigenvalue weighted by Gasteiger charge is 2.15. The van der Waals surface area contributed by atoms with E-state index in [4.69, 9.17) is 16.0 Å². The summed E-state index contributed by atoms with van der Waals surface area (Å²) < 4.78 is 5.67. The number of hydrogen-bond donors (Lipinski definition) is 1. The van der Waals surface area contributed by atoms with Crippen LogP contribution in [0.25, 0.3) is 17.4 Å². The highest BCUT2D eigenvalue weighted by atomic mass is 35.5. The number of furan rings is 1. The van der Waals surface area contributed by atoms with Gasteiger partial charge in [-0.2, -0.15) is 5.26 Å². The third-order valence-electron chi connectivity index (χ3n) is 4.48. The van der Waals surface area contributed by atoms with Gasteiger partial charge in [-0.25, -0.2) is 0 Å². The molecule has 0 spiro atoms. The van der Waals surface area contributed by atoms with E-state index in [1.165, 1.54) is 12.1 Å². The van der Waals surface area contributed by atoms with Crippen LogP contribution in [0.15, 0.2) is 58.5 Å². The summed E-state index contributed by atoms with van der Waals surface area (Å²) in [6.45, 7) is 3.41. The molecule has 2 aromatic carbocycles. The number of rotatable bonds is 5. The first-order chi connectivity index (χ1) is 14.3. The number of carbonyl (C=O) groups is 1. The van der Waals surface area contributed by atoms with Gasteiger partial charge in [0.2, 0.25) is 0 Å². The third kappa shape index (κ3) is 4.40. The molecule has 0 aliphatic carbocycles. The summed E-state index contributed by atoms with van der Waals surface area (Å²) in [6.07, 6.45) is 1.31. The molecule has 0 saturated carbocycles. The zero-order chi connectivity index (χ0) is 21.8. The summed E-state index contributed by atoms with van der Waals surface area (Å²) in [5.41, 5.74) is 2.06. The quantitative estimate of drug-likeness (QED) is 0.247. The molecule has 0 saturated heterocycles. The lowest BCUT2D eigenvalue weighted by atomic mass is 10.1. The van der Waals surface area contributed by atoms with Gasteiger partial charge in [-0.1, -0.05) is 29.8 Å². The fourth-order valence-corrected chi connectivity index (χ4v) is 2.94. The first-order valence-electron chi connectivity index (χ1n) is 8.83. The highest BCUT2D eigenvalue weighted by Crippen LogP contribution is 2.29. The Kier molecular flexibility index (Phi) is 6.00. The van der Waals surface area contributed by atoms with Gasteiger partial charge >= 0.3 is 0 Å². The Balaban J connectivity index is 1.86. The maximum absolute atomic E-state index is 12.5. The molecule has 1 N–H and O–H groups in total. The van der Waals surface area contributed by atoms with Crippen molar-refractivity contribution in [3.8, 4) is 17.4 Å². The van der Waals surface area contributed by atoms with Gasteiger partial charge in [0, 0.05) is 34.0 Å². The number of nitriles is 1. The van der Waals surface area contributed by atoms with E-state index in [2.05, 4.69) is 5.32 Å². The fraction of sp³-hybridized carbons (Fsp3) is 0.0909. The molecule has 1 amide bonds. The summed E-state index contributed by atoms with van der Waals surface area (Å²) >= 11 is 6.05. The van der Waals surface area contributed by atoms with Crippen molar-refractivity contribution >= 4 is 35.0 Å².